The minimum Gasteiger partial charge on any atom is -0.335 e. The number of hydrogen-bond acceptors (Lipinski definition) is 4. The Labute approximate surface area is 147 Å². The molecule has 0 spiro atoms. The molecule has 0 unspecified atom stereocenters. The third-order valence-electron chi connectivity index (χ3n) is 4.76. The van der Waals surface area contributed by atoms with Crippen LogP contribution in [0.2, 0.25) is 0 Å². The van der Waals surface area contributed by atoms with Crippen molar-refractivity contribution in [3.8, 4) is 0 Å². The van der Waals surface area contributed by atoms with Crippen LogP contribution in [0.1, 0.15) is 18.0 Å². The van der Waals surface area contributed by atoms with E-state index in [1.165, 1.54) is 12.1 Å². The third-order valence-corrected chi connectivity index (χ3v) is 5.71. The molecule has 2 heterocycles. The first-order valence-electron chi connectivity index (χ1n) is 7.78. The molecule has 0 radical (unpaired) electrons. The second-order valence-electron chi connectivity index (χ2n) is 6.51. The van der Waals surface area contributed by atoms with Crippen LogP contribution in [0.3, 0.4) is 0 Å². The highest BCUT2D eigenvalue weighted by atomic mass is 35.5. The summed E-state index contributed by atoms with van der Waals surface area (Å²) in [5.41, 5.74) is 0.786. The second-order valence-corrected chi connectivity index (χ2v) is 8.77. The molecule has 0 aliphatic carbocycles. The zero-order chi connectivity index (χ0) is 16.6. The van der Waals surface area contributed by atoms with Crippen LogP contribution in [-0.2, 0) is 14.6 Å². The van der Waals surface area contributed by atoms with Crippen LogP contribution in [-0.4, -0.2) is 50.9 Å². The number of sulfone groups is 1. The number of carbonyl (C=O) groups is 1. The molecule has 5 nitrogen and oxygen atoms in total. The maximum absolute atomic E-state index is 13.6. The molecule has 0 bridgehead atoms. The van der Waals surface area contributed by atoms with Crippen LogP contribution in [0.25, 0.3) is 0 Å². The van der Waals surface area contributed by atoms with Gasteiger partial charge in [0.25, 0.3) is 0 Å². The number of likely N-dealkylation sites (tertiary alicyclic amines) is 1. The highest BCUT2D eigenvalue weighted by Gasteiger charge is 2.46. The molecule has 8 heteroatoms. The van der Waals surface area contributed by atoms with Crippen LogP contribution < -0.4 is 5.32 Å². The molecule has 2 saturated heterocycles. The molecule has 1 aromatic rings. The van der Waals surface area contributed by atoms with Crippen molar-refractivity contribution in [1.29, 1.82) is 0 Å². The maximum atomic E-state index is 13.6. The van der Waals surface area contributed by atoms with E-state index in [0.717, 1.165) is 24.9 Å². The molecular weight excluding hydrogens is 355 g/mol. The average Bonchev–Trinajstić information content (AvgIpc) is 3.04. The van der Waals surface area contributed by atoms with E-state index in [-0.39, 0.29) is 48.3 Å². The Kier molecular flexibility index (Phi) is 5.88. The molecule has 24 heavy (non-hydrogen) atoms. The number of nitrogens with one attached hydrogen (secondary N) is 1. The van der Waals surface area contributed by atoms with E-state index in [0.29, 0.717) is 12.5 Å². The van der Waals surface area contributed by atoms with Gasteiger partial charge >= 0.3 is 0 Å². The van der Waals surface area contributed by atoms with Gasteiger partial charge in [-0.15, -0.1) is 12.4 Å². The number of nitrogens with zero attached hydrogens (tertiary/aromatic N) is 1. The van der Waals surface area contributed by atoms with Crippen molar-refractivity contribution in [2.45, 2.75) is 12.5 Å². The van der Waals surface area contributed by atoms with E-state index < -0.39 is 9.84 Å². The normalized spacial score (nSPS) is 26.1. The van der Waals surface area contributed by atoms with Gasteiger partial charge in [-0.3, -0.25) is 4.79 Å². The lowest BCUT2D eigenvalue weighted by Gasteiger charge is -2.28. The first-order valence-corrected chi connectivity index (χ1v) is 9.84. The van der Waals surface area contributed by atoms with Crippen molar-refractivity contribution in [2.75, 3.05) is 31.6 Å². The van der Waals surface area contributed by atoms with Crippen molar-refractivity contribution in [2.24, 2.45) is 11.8 Å². The number of amides is 1. The lowest BCUT2D eigenvalue weighted by molar-refractivity contribution is -0.132. The van der Waals surface area contributed by atoms with Crippen LogP contribution in [0.5, 0.6) is 0 Å². The van der Waals surface area contributed by atoms with Gasteiger partial charge in [0.2, 0.25) is 5.91 Å². The summed E-state index contributed by atoms with van der Waals surface area (Å²) in [4.78, 5) is 14.3. The number of rotatable bonds is 4. The van der Waals surface area contributed by atoms with Crippen LogP contribution >= 0.6 is 12.4 Å². The minimum absolute atomic E-state index is 0. The second kappa shape index (κ2) is 7.37. The first-order chi connectivity index (χ1) is 10.8. The Hall–Kier alpha value is -1.18. The summed E-state index contributed by atoms with van der Waals surface area (Å²) in [5, 5.41) is 3.33. The molecule has 1 aromatic carbocycles. The summed E-state index contributed by atoms with van der Waals surface area (Å²) < 4.78 is 36.2. The van der Waals surface area contributed by atoms with E-state index in [2.05, 4.69) is 5.32 Å². The fourth-order valence-corrected chi connectivity index (χ4v) is 4.26. The highest BCUT2D eigenvalue weighted by molar-refractivity contribution is 7.90. The zero-order valence-corrected chi connectivity index (χ0v) is 15.1. The minimum atomic E-state index is -3.18. The number of halogens is 2. The Balaban J connectivity index is 0.00000208. The fourth-order valence-electron chi connectivity index (χ4n) is 3.71. The van der Waals surface area contributed by atoms with Crippen molar-refractivity contribution in [3.63, 3.8) is 0 Å². The molecule has 1 N–H and O–H groups in total. The lowest BCUT2D eigenvalue weighted by atomic mass is 9.89. The highest BCUT2D eigenvalue weighted by Crippen LogP contribution is 2.42. The van der Waals surface area contributed by atoms with Gasteiger partial charge in [0.15, 0.2) is 0 Å². The van der Waals surface area contributed by atoms with Gasteiger partial charge in [0, 0.05) is 38.2 Å². The number of hydrogen-bond donors (Lipinski definition) is 1. The molecule has 2 aliphatic rings. The molecule has 3 rings (SSSR count). The monoisotopic (exact) mass is 376 g/mol. The van der Waals surface area contributed by atoms with Gasteiger partial charge in [-0.2, -0.15) is 0 Å². The number of carbonyl (C=O) groups excluding carboxylic acids is 1. The molecular formula is C16H22ClFN2O3S. The molecule has 2 aliphatic heterocycles. The standard InChI is InChI=1S/C16H21FN2O3S.ClH/c1-23(21,22)6-5-15(20)19-10-12-8-18-9-14(12)16(19)11-3-2-4-13(17)7-11;/h2-4,7,12,14,16,18H,5-6,8-10H2,1H3;1H/t12-,14-,16-;/m0./s1. The van der Waals surface area contributed by atoms with Gasteiger partial charge in [0.05, 0.1) is 11.8 Å². The van der Waals surface area contributed by atoms with Crippen LogP contribution in [0.4, 0.5) is 4.39 Å². The lowest BCUT2D eigenvalue weighted by Crippen LogP contribution is -2.35. The van der Waals surface area contributed by atoms with E-state index in [1.807, 2.05) is 6.07 Å². The largest absolute Gasteiger partial charge is 0.335 e. The summed E-state index contributed by atoms with van der Waals surface area (Å²) in [7, 11) is -3.18. The Morgan fingerprint density at radius 1 is 1.38 bits per heavy atom. The Morgan fingerprint density at radius 3 is 2.79 bits per heavy atom. The quantitative estimate of drug-likeness (QED) is 0.862. The zero-order valence-electron chi connectivity index (χ0n) is 13.4. The maximum Gasteiger partial charge on any atom is 0.224 e. The third kappa shape index (κ3) is 4.07. The summed E-state index contributed by atoms with van der Waals surface area (Å²) >= 11 is 0. The Morgan fingerprint density at radius 2 is 2.12 bits per heavy atom. The summed E-state index contributed by atoms with van der Waals surface area (Å²) in [6.45, 7) is 2.23. The first kappa shape index (κ1) is 19.1. The molecule has 3 atom stereocenters. The van der Waals surface area contributed by atoms with Crippen molar-refractivity contribution >= 4 is 28.2 Å². The van der Waals surface area contributed by atoms with E-state index >= 15 is 0 Å². The van der Waals surface area contributed by atoms with Crippen molar-refractivity contribution in [1.82, 2.24) is 10.2 Å². The van der Waals surface area contributed by atoms with Gasteiger partial charge in [-0.1, -0.05) is 12.1 Å². The van der Waals surface area contributed by atoms with E-state index in [1.54, 1.807) is 11.0 Å². The van der Waals surface area contributed by atoms with Gasteiger partial charge in [-0.25, -0.2) is 12.8 Å². The van der Waals surface area contributed by atoms with Crippen LogP contribution in [0.15, 0.2) is 24.3 Å². The van der Waals surface area contributed by atoms with Crippen LogP contribution in [0, 0.1) is 17.7 Å². The number of fused-ring (bicyclic) bond motifs is 1. The topological polar surface area (TPSA) is 66.5 Å². The molecule has 134 valence electrons. The summed E-state index contributed by atoms with van der Waals surface area (Å²) in [6.07, 6.45) is 1.12. The van der Waals surface area contributed by atoms with Crippen molar-refractivity contribution < 1.29 is 17.6 Å². The molecule has 0 saturated carbocycles. The predicted molar refractivity (Wildman–Crippen MR) is 92.3 cm³/mol. The predicted octanol–water partition coefficient (Wildman–Crippen LogP) is 1.40. The average molecular weight is 377 g/mol. The number of benzene rings is 1. The Bertz CT molecular complexity index is 713. The summed E-state index contributed by atoms with van der Waals surface area (Å²) in [6, 6.07) is 6.17. The summed E-state index contributed by atoms with van der Waals surface area (Å²) in [5.74, 6) is -0.0461. The van der Waals surface area contributed by atoms with Gasteiger partial charge < -0.3 is 10.2 Å². The molecule has 0 aromatic heterocycles. The fraction of sp³-hybridized carbons (Fsp3) is 0.562. The molecule has 2 fully saturated rings. The van der Waals surface area contributed by atoms with E-state index in [9.17, 15) is 17.6 Å². The SMILES string of the molecule is CS(=O)(=O)CCC(=O)N1C[C@@H]2CNC[C@@H]2[C@@H]1c1cccc(F)c1.Cl. The smallest absolute Gasteiger partial charge is 0.224 e. The van der Waals surface area contributed by atoms with Gasteiger partial charge in [-0.05, 0) is 23.6 Å². The van der Waals surface area contributed by atoms with E-state index in [4.69, 9.17) is 0 Å². The van der Waals surface area contributed by atoms with Crippen molar-refractivity contribution in [3.05, 3.63) is 35.6 Å². The molecule has 1 amide bonds. The van der Waals surface area contributed by atoms with Gasteiger partial charge in [0.1, 0.15) is 15.7 Å².